The first-order valence-electron chi connectivity index (χ1n) is 5.28. The summed E-state index contributed by atoms with van der Waals surface area (Å²) in [5.41, 5.74) is 3.54. The molecule has 0 bridgehead atoms. The van der Waals surface area contributed by atoms with E-state index in [2.05, 4.69) is 4.99 Å². The van der Waals surface area contributed by atoms with Gasteiger partial charge in [0.15, 0.2) is 0 Å². The molecule has 1 unspecified atom stereocenters. The van der Waals surface area contributed by atoms with Crippen LogP contribution in [0.1, 0.15) is 5.56 Å². The van der Waals surface area contributed by atoms with Gasteiger partial charge in [0.2, 0.25) is 0 Å². The van der Waals surface area contributed by atoms with Crippen LogP contribution in [0.2, 0.25) is 0 Å². The van der Waals surface area contributed by atoms with Gasteiger partial charge in [0.05, 0.1) is 9.90 Å². The molecule has 0 N–H and O–H groups in total. The molecule has 0 saturated carbocycles. The molecule has 2 aromatic rings. The van der Waals surface area contributed by atoms with E-state index in [0.717, 1.165) is 16.7 Å². The van der Waals surface area contributed by atoms with Crippen molar-refractivity contribution in [1.82, 2.24) is 0 Å². The molecule has 1 atom stereocenters. The lowest BCUT2D eigenvalue weighted by atomic mass is 10.2. The molecule has 0 fully saturated rings. The molecule has 1 aliphatic rings. The van der Waals surface area contributed by atoms with Gasteiger partial charge in [0.1, 0.15) is 0 Å². The third kappa shape index (κ3) is 2.11. The summed E-state index contributed by atoms with van der Waals surface area (Å²) in [6.45, 7) is 0. The summed E-state index contributed by atoms with van der Waals surface area (Å²) in [5.74, 6) is 0. The van der Waals surface area contributed by atoms with Crippen molar-refractivity contribution in [1.29, 1.82) is 0 Å². The fourth-order valence-corrected chi connectivity index (χ4v) is 5.01. The smallest absolute Gasteiger partial charge is 0.249 e. The number of nitrogens with zero attached hydrogens (tertiary/aromatic N) is 1. The van der Waals surface area contributed by atoms with Crippen molar-refractivity contribution in [2.75, 3.05) is 0 Å². The van der Waals surface area contributed by atoms with Crippen LogP contribution in [0.4, 0.5) is 14.5 Å². The first-order chi connectivity index (χ1) is 8.74. The molecule has 0 amide bonds. The maximum absolute atomic E-state index is 12.1. The van der Waals surface area contributed by atoms with Crippen molar-refractivity contribution in [3.63, 3.8) is 0 Å². The lowest BCUT2D eigenvalue weighted by Crippen LogP contribution is -1.81. The highest BCUT2D eigenvalue weighted by molar-refractivity contribution is 8.30. The number of aliphatic imine (C=N–C) groups is 1. The fourth-order valence-electron chi connectivity index (χ4n) is 1.79. The predicted octanol–water partition coefficient (Wildman–Crippen LogP) is 5.08. The number of rotatable bonds is 2. The van der Waals surface area contributed by atoms with Crippen LogP contribution in [0.15, 0.2) is 55.9 Å². The Balaban J connectivity index is 1.91. The lowest BCUT2D eigenvalue weighted by Gasteiger charge is -2.11. The molecule has 1 nitrogen and oxygen atoms in total. The Morgan fingerprint density at radius 3 is 2.67 bits per heavy atom. The largest absolute Gasteiger partial charge is 0.270 e. The highest BCUT2D eigenvalue weighted by Crippen LogP contribution is 2.54. The topological polar surface area (TPSA) is 12.4 Å². The number of thiophene rings is 1. The molecule has 0 saturated heterocycles. The normalized spacial score (nSPS) is 18.7. The van der Waals surface area contributed by atoms with E-state index in [1.54, 1.807) is 23.5 Å². The molecular weight excluding hydrogens is 272 g/mol. The van der Waals surface area contributed by atoms with Crippen LogP contribution in [-0.4, -0.2) is 5.55 Å². The van der Waals surface area contributed by atoms with Crippen LogP contribution in [0.3, 0.4) is 0 Å². The average Bonchev–Trinajstić information content (AvgIpc) is 2.91. The Kier molecular flexibility index (Phi) is 3.01. The molecule has 1 aromatic heterocycles. The summed E-state index contributed by atoms with van der Waals surface area (Å²) in [5, 5.41) is 2.03. The Morgan fingerprint density at radius 2 is 1.94 bits per heavy atom. The maximum Gasteiger partial charge on any atom is 0.270 e. The van der Waals surface area contributed by atoms with Gasteiger partial charge in [-0.05, 0) is 34.0 Å². The molecule has 1 aliphatic heterocycles. The maximum atomic E-state index is 12.1. The zero-order chi connectivity index (χ0) is 12.5. The van der Waals surface area contributed by atoms with Crippen molar-refractivity contribution < 1.29 is 8.78 Å². The van der Waals surface area contributed by atoms with Gasteiger partial charge in [-0.2, -0.15) is 19.7 Å². The average molecular weight is 281 g/mol. The van der Waals surface area contributed by atoms with Gasteiger partial charge in [-0.15, -0.1) is 11.3 Å². The second-order valence-electron chi connectivity index (χ2n) is 3.75. The van der Waals surface area contributed by atoms with Crippen molar-refractivity contribution >= 4 is 39.5 Å². The second-order valence-corrected chi connectivity index (χ2v) is 6.90. The van der Waals surface area contributed by atoms with E-state index in [9.17, 15) is 8.78 Å². The van der Waals surface area contributed by atoms with E-state index in [0.29, 0.717) is 5.56 Å². The monoisotopic (exact) mass is 281 g/mol. The number of thiol groups is 1. The summed E-state index contributed by atoms with van der Waals surface area (Å²) < 4.78 is 25.5. The first-order valence-corrected chi connectivity index (χ1v) is 7.57. The fraction of sp³-hybridized carbons (Fsp3) is 0. The number of benzene rings is 1. The van der Waals surface area contributed by atoms with Gasteiger partial charge in [-0.25, -0.2) is 4.99 Å². The van der Waals surface area contributed by atoms with Crippen molar-refractivity contribution in [2.24, 2.45) is 4.99 Å². The molecule has 0 radical (unpaired) electrons. The molecule has 1 aromatic carbocycles. The van der Waals surface area contributed by atoms with Gasteiger partial charge in [-0.1, -0.05) is 12.1 Å². The lowest BCUT2D eigenvalue weighted by molar-refractivity contribution is 0.429. The van der Waals surface area contributed by atoms with Gasteiger partial charge in [0.25, 0.3) is 6.08 Å². The molecule has 2 heterocycles. The third-order valence-corrected chi connectivity index (χ3v) is 6.08. The van der Waals surface area contributed by atoms with Crippen LogP contribution < -0.4 is 0 Å². The number of hydrogen-bond donors (Lipinski definition) is 1. The minimum Gasteiger partial charge on any atom is -0.249 e. The zero-order valence-electron chi connectivity index (χ0n) is 9.18. The van der Waals surface area contributed by atoms with Gasteiger partial charge in [-0.3, -0.25) is 0 Å². The van der Waals surface area contributed by atoms with Crippen LogP contribution in [0.5, 0.6) is 0 Å². The number of hydrogen-bond acceptors (Lipinski definition) is 2. The molecule has 3 rings (SSSR count). The number of fused-ring (bicyclic) bond motifs is 1. The minimum absolute atomic E-state index is 0.524. The third-order valence-electron chi connectivity index (χ3n) is 2.60. The Hall–Kier alpha value is -1.46. The molecule has 5 heteroatoms. The van der Waals surface area contributed by atoms with Gasteiger partial charge in [0, 0.05) is 11.6 Å². The summed E-state index contributed by atoms with van der Waals surface area (Å²) in [7, 11) is -0.533. The van der Waals surface area contributed by atoms with E-state index in [-0.39, 0.29) is 0 Å². The van der Waals surface area contributed by atoms with Crippen molar-refractivity contribution in [3.8, 4) is 0 Å². The quantitative estimate of drug-likeness (QED) is 0.737. The standard InChI is InChI=1S/C13H9F2NS2/c14-12(15)7-9-1-3-10(4-2-9)18-8-16-11-5-6-17-13(11)18/h1-8,18H. The summed E-state index contributed by atoms with van der Waals surface area (Å²) in [6, 6.07) is 9.25. The highest BCUT2D eigenvalue weighted by Gasteiger charge is 2.18. The summed E-state index contributed by atoms with van der Waals surface area (Å²) >= 11 is 1.70. The first kappa shape index (κ1) is 11.6. The van der Waals surface area contributed by atoms with E-state index in [1.807, 2.05) is 29.1 Å². The second kappa shape index (κ2) is 4.66. The highest BCUT2D eigenvalue weighted by atomic mass is 32.2. The molecule has 0 aliphatic carbocycles. The molecule has 0 spiro atoms. The van der Waals surface area contributed by atoms with Crippen LogP contribution in [-0.2, 0) is 0 Å². The molecule has 92 valence electrons. The van der Waals surface area contributed by atoms with Gasteiger partial charge < -0.3 is 0 Å². The van der Waals surface area contributed by atoms with Crippen LogP contribution in [0.25, 0.3) is 6.08 Å². The Morgan fingerprint density at radius 1 is 1.17 bits per heavy atom. The molecular formula is C13H9F2NS2. The Labute approximate surface area is 110 Å². The van der Waals surface area contributed by atoms with Crippen LogP contribution >= 0.6 is 22.2 Å². The molecule has 18 heavy (non-hydrogen) atoms. The van der Waals surface area contributed by atoms with E-state index in [1.165, 1.54) is 4.21 Å². The number of halogens is 2. The Bertz CT molecular complexity index is 625. The van der Waals surface area contributed by atoms with Crippen molar-refractivity contribution in [3.05, 3.63) is 47.4 Å². The van der Waals surface area contributed by atoms with E-state index >= 15 is 0 Å². The predicted molar refractivity (Wildman–Crippen MR) is 74.6 cm³/mol. The summed E-state index contributed by atoms with van der Waals surface area (Å²) in [6.07, 6.45) is -0.799. The summed E-state index contributed by atoms with van der Waals surface area (Å²) in [4.78, 5) is 5.51. The van der Waals surface area contributed by atoms with Crippen LogP contribution in [0, 0.1) is 0 Å². The SMILES string of the molecule is FC(F)=Cc1ccc([SH]2C=Nc3ccsc32)cc1. The van der Waals surface area contributed by atoms with Gasteiger partial charge >= 0.3 is 0 Å². The van der Waals surface area contributed by atoms with E-state index in [4.69, 9.17) is 0 Å². The zero-order valence-corrected chi connectivity index (χ0v) is 10.9. The van der Waals surface area contributed by atoms with Crippen molar-refractivity contribution in [2.45, 2.75) is 9.10 Å². The van der Waals surface area contributed by atoms with E-state index < -0.39 is 17.0 Å². The minimum atomic E-state index is -1.67.